The first-order chi connectivity index (χ1) is 16.6. The number of nitrogens with one attached hydrogen (secondary N) is 1. The third kappa shape index (κ3) is 7.17. The molecule has 4 aromatic rings. The van der Waals surface area contributed by atoms with Crippen LogP contribution in [0.5, 0.6) is 0 Å². The lowest BCUT2D eigenvalue weighted by atomic mass is 10.0. The molecule has 0 saturated carbocycles. The van der Waals surface area contributed by atoms with Gasteiger partial charge < -0.3 is 26.3 Å². The topological polar surface area (TPSA) is 98.0 Å². The lowest BCUT2D eigenvalue weighted by Crippen LogP contribution is -2.40. The predicted molar refractivity (Wildman–Crippen MR) is 157 cm³/mol. The van der Waals surface area contributed by atoms with Crippen LogP contribution in [0, 0.1) is 5.82 Å². The Balaban J connectivity index is 0.00000160. The molecule has 0 atom stereocenters. The highest BCUT2D eigenvalue weighted by atomic mass is 35.5. The lowest BCUT2D eigenvalue weighted by molar-refractivity contribution is 0.221. The molecular weight excluding hydrogens is 536 g/mol. The minimum Gasteiger partial charge on any atom is -0.396 e. The summed E-state index contributed by atoms with van der Waals surface area (Å²) in [5, 5.41) is 3.69. The summed E-state index contributed by atoms with van der Waals surface area (Å²) in [5.41, 5.74) is 16.6. The highest BCUT2D eigenvalue weighted by Crippen LogP contribution is 2.24. The van der Waals surface area contributed by atoms with Crippen LogP contribution in [-0.2, 0) is 13.0 Å². The Kier molecular flexibility index (Phi) is 11.3. The highest BCUT2D eigenvalue weighted by Gasteiger charge is 2.21. The number of aromatic nitrogens is 3. The molecule has 37 heavy (non-hydrogen) atoms. The third-order valence-electron chi connectivity index (χ3n) is 6.64. The van der Waals surface area contributed by atoms with Crippen molar-refractivity contribution in [1.29, 1.82) is 0 Å². The number of piperidine rings is 1. The van der Waals surface area contributed by atoms with Gasteiger partial charge in [0.05, 0.1) is 23.3 Å². The van der Waals surface area contributed by atoms with E-state index in [9.17, 15) is 4.39 Å². The normalized spacial score (nSPS) is 13.9. The number of imidazole rings is 1. The minimum absolute atomic E-state index is 0. The van der Waals surface area contributed by atoms with Crippen LogP contribution in [0.2, 0.25) is 0 Å². The van der Waals surface area contributed by atoms with Gasteiger partial charge in [-0.15, -0.1) is 37.2 Å². The fraction of sp³-hybridized carbons (Fsp3) is 0.308. The molecule has 1 aliphatic rings. The van der Waals surface area contributed by atoms with Gasteiger partial charge in [0.15, 0.2) is 0 Å². The fourth-order valence-electron chi connectivity index (χ4n) is 4.63. The first-order valence-corrected chi connectivity index (χ1v) is 11.7. The summed E-state index contributed by atoms with van der Waals surface area (Å²) in [6, 6.07) is 17.1. The number of para-hydroxylation sites is 2. The fourth-order valence-corrected chi connectivity index (χ4v) is 4.63. The van der Waals surface area contributed by atoms with Crippen LogP contribution >= 0.6 is 37.2 Å². The van der Waals surface area contributed by atoms with E-state index in [2.05, 4.69) is 25.8 Å². The molecule has 11 heteroatoms. The van der Waals surface area contributed by atoms with E-state index in [1.807, 2.05) is 36.4 Å². The highest BCUT2D eigenvalue weighted by molar-refractivity contribution is 5.86. The quantitative estimate of drug-likeness (QED) is 0.285. The van der Waals surface area contributed by atoms with Crippen LogP contribution in [0.15, 0.2) is 60.8 Å². The molecule has 0 spiro atoms. The number of anilines is 3. The van der Waals surface area contributed by atoms with Gasteiger partial charge in [0, 0.05) is 31.9 Å². The molecular formula is C26H33Cl3FN7. The molecule has 1 saturated heterocycles. The largest absolute Gasteiger partial charge is 0.396 e. The molecule has 7 nitrogen and oxygen atoms in total. The Hall–Kier alpha value is -2.78. The van der Waals surface area contributed by atoms with E-state index in [-0.39, 0.29) is 43.0 Å². The van der Waals surface area contributed by atoms with E-state index < -0.39 is 0 Å². The predicted octanol–water partition coefficient (Wildman–Crippen LogP) is 5.17. The summed E-state index contributed by atoms with van der Waals surface area (Å²) in [6.07, 6.45) is 4.65. The van der Waals surface area contributed by atoms with Gasteiger partial charge in [0.25, 0.3) is 0 Å². The number of benzene rings is 2. The number of rotatable bonds is 7. The number of fused-ring (bicyclic) bond motifs is 1. The standard InChI is InChI=1S/C26H30FN7.3ClH/c27-20-7-5-18(6-8-20)17-34-23-4-2-1-3-22(23)32-26(34)31-21-11-15-33(16-12-21)14-10-19-9-13-30-25(29)24(19)28;;;/h1-9,13,21H,10-12,14-17,28H2,(H2,29,30)(H,31,32);3*1H. The average Bonchev–Trinajstić information content (AvgIpc) is 3.19. The monoisotopic (exact) mass is 567 g/mol. The SMILES string of the molecule is Cl.Cl.Cl.Nc1nccc(CCN2CCC(Nc3nc4ccccc4n3Cc3ccc(F)cc3)CC2)c1N. The van der Waals surface area contributed by atoms with Crippen LogP contribution in [-0.4, -0.2) is 45.1 Å². The number of pyridine rings is 1. The van der Waals surface area contributed by atoms with Crippen LogP contribution < -0.4 is 16.8 Å². The molecule has 0 aliphatic carbocycles. The summed E-state index contributed by atoms with van der Waals surface area (Å²) in [7, 11) is 0. The second-order valence-corrected chi connectivity index (χ2v) is 8.92. The zero-order valence-electron chi connectivity index (χ0n) is 20.3. The van der Waals surface area contributed by atoms with E-state index in [4.69, 9.17) is 16.5 Å². The summed E-state index contributed by atoms with van der Waals surface area (Å²) in [4.78, 5) is 11.4. The number of hydrogen-bond acceptors (Lipinski definition) is 6. The first kappa shape index (κ1) is 30.4. The number of hydrogen-bond donors (Lipinski definition) is 3. The lowest BCUT2D eigenvalue weighted by Gasteiger charge is -2.32. The van der Waals surface area contributed by atoms with Crippen molar-refractivity contribution in [2.75, 3.05) is 36.4 Å². The van der Waals surface area contributed by atoms with E-state index >= 15 is 0 Å². The van der Waals surface area contributed by atoms with Crippen molar-refractivity contribution < 1.29 is 4.39 Å². The molecule has 1 aliphatic heterocycles. The van der Waals surface area contributed by atoms with Gasteiger partial charge in [-0.05, 0) is 60.7 Å². The number of likely N-dealkylation sites (tertiary alicyclic amines) is 1. The van der Waals surface area contributed by atoms with Gasteiger partial charge in [0.1, 0.15) is 11.6 Å². The van der Waals surface area contributed by atoms with Crippen LogP contribution in [0.1, 0.15) is 24.0 Å². The molecule has 200 valence electrons. The van der Waals surface area contributed by atoms with Crippen LogP contribution in [0.25, 0.3) is 11.0 Å². The Morgan fingerprint density at radius 2 is 1.65 bits per heavy atom. The molecule has 2 aromatic carbocycles. The van der Waals surface area contributed by atoms with Gasteiger partial charge in [-0.25, -0.2) is 14.4 Å². The smallest absolute Gasteiger partial charge is 0.204 e. The summed E-state index contributed by atoms with van der Waals surface area (Å²) >= 11 is 0. The van der Waals surface area contributed by atoms with Crippen molar-refractivity contribution in [3.8, 4) is 0 Å². The number of nitrogens with zero attached hydrogens (tertiary/aromatic N) is 4. The third-order valence-corrected chi connectivity index (χ3v) is 6.64. The van der Waals surface area contributed by atoms with Crippen molar-refractivity contribution in [3.63, 3.8) is 0 Å². The molecule has 5 rings (SSSR count). The number of nitrogens with two attached hydrogens (primary N) is 2. The zero-order chi connectivity index (χ0) is 23.5. The van der Waals surface area contributed by atoms with Crippen molar-refractivity contribution in [1.82, 2.24) is 19.4 Å². The van der Waals surface area contributed by atoms with Gasteiger partial charge in [-0.3, -0.25) is 0 Å². The second-order valence-electron chi connectivity index (χ2n) is 8.92. The number of nitrogen functional groups attached to an aromatic ring is 2. The maximum Gasteiger partial charge on any atom is 0.204 e. The molecule has 0 amide bonds. The summed E-state index contributed by atoms with van der Waals surface area (Å²) in [5.74, 6) is 1.05. The van der Waals surface area contributed by atoms with Gasteiger partial charge in [-0.2, -0.15) is 0 Å². The molecule has 2 aromatic heterocycles. The van der Waals surface area contributed by atoms with Crippen molar-refractivity contribution in [3.05, 3.63) is 77.7 Å². The summed E-state index contributed by atoms with van der Waals surface area (Å²) in [6.45, 7) is 3.61. The summed E-state index contributed by atoms with van der Waals surface area (Å²) < 4.78 is 15.6. The molecule has 3 heterocycles. The van der Waals surface area contributed by atoms with E-state index in [0.717, 1.165) is 67.0 Å². The molecule has 0 bridgehead atoms. The maximum atomic E-state index is 13.4. The molecule has 5 N–H and O–H groups in total. The van der Waals surface area contributed by atoms with E-state index in [1.54, 1.807) is 6.20 Å². The Morgan fingerprint density at radius 1 is 0.946 bits per heavy atom. The van der Waals surface area contributed by atoms with Gasteiger partial charge >= 0.3 is 0 Å². The van der Waals surface area contributed by atoms with Crippen molar-refractivity contribution in [2.24, 2.45) is 0 Å². The molecule has 0 unspecified atom stereocenters. The second kappa shape index (κ2) is 13.7. The average molecular weight is 569 g/mol. The maximum absolute atomic E-state index is 13.4. The van der Waals surface area contributed by atoms with Gasteiger partial charge in [0.2, 0.25) is 5.95 Å². The van der Waals surface area contributed by atoms with E-state index in [1.165, 1.54) is 12.1 Å². The Bertz CT molecular complexity index is 1280. The van der Waals surface area contributed by atoms with E-state index in [0.29, 0.717) is 24.1 Å². The minimum atomic E-state index is -0.223. The van der Waals surface area contributed by atoms with Crippen LogP contribution in [0.3, 0.4) is 0 Å². The van der Waals surface area contributed by atoms with Gasteiger partial charge in [-0.1, -0.05) is 24.3 Å². The molecule has 1 fully saturated rings. The number of halogens is 4. The zero-order valence-corrected chi connectivity index (χ0v) is 22.8. The van der Waals surface area contributed by atoms with Crippen molar-refractivity contribution >= 4 is 65.7 Å². The van der Waals surface area contributed by atoms with Crippen LogP contribution in [0.4, 0.5) is 21.8 Å². The van der Waals surface area contributed by atoms with Crippen molar-refractivity contribution in [2.45, 2.75) is 31.8 Å². The first-order valence-electron chi connectivity index (χ1n) is 11.7. The Morgan fingerprint density at radius 3 is 2.38 bits per heavy atom. The molecule has 0 radical (unpaired) electrons. The Labute approximate surface area is 235 Å².